The quantitative estimate of drug-likeness (QED) is 0.763. The Kier molecular flexibility index (Phi) is 6.23. The van der Waals surface area contributed by atoms with E-state index in [0.717, 1.165) is 58.0 Å². The van der Waals surface area contributed by atoms with Crippen LogP contribution in [0.2, 0.25) is 0 Å². The molecular weight excluding hydrogens is 308 g/mol. The van der Waals surface area contributed by atoms with Crippen LogP contribution in [0.4, 0.5) is 0 Å². The van der Waals surface area contributed by atoms with Crippen molar-refractivity contribution in [1.82, 2.24) is 19.4 Å². The number of carbonyl (C=O) groups is 1. The number of hydrogen-bond acceptors (Lipinski definition) is 5. The van der Waals surface area contributed by atoms with Gasteiger partial charge in [-0.3, -0.25) is 9.69 Å². The lowest BCUT2D eigenvalue weighted by molar-refractivity contribution is -0.140. The number of ether oxygens (including phenoxy) is 2. The van der Waals surface area contributed by atoms with Crippen LogP contribution in [-0.4, -0.2) is 77.4 Å². The number of aryl methyl sites for hydroxylation is 1. The third-order valence-corrected chi connectivity index (χ3v) is 4.81. The number of aromatic nitrogens is 2. The van der Waals surface area contributed by atoms with Crippen molar-refractivity contribution in [3.8, 4) is 0 Å². The average Bonchev–Trinajstić information content (AvgIpc) is 3.01. The Bertz CT molecular complexity index is 520. The fraction of sp³-hybridized carbons (Fsp3) is 0.765. The lowest BCUT2D eigenvalue weighted by Gasteiger charge is -2.34. The molecule has 1 aromatic heterocycles. The summed E-state index contributed by atoms with van der Waals surface area (Å²) in [5.74, 6) is 1.15. The van der Waals surface area contributed by atoms with Crippen molar-refractivity contribution < 1.29 is 14.3 Å². The number of rotatable bonds is 6. The zero-order chi connectivity index (χ0) is 16.8. The van der Waals surface area contributed by atoms with E-state index in [1.54, 1.807) is 0 Å². The number of piperazine rings is 1. The molecule has 0 aromatic carbocycles. The van der Waals surface area contributed by atoms with Gasteiger partial charge in [0.1, 0.15) is 12.4 Å². The van der Waals surface area contributed by atoms with Gasteiger partial charge in [0.25, 0.3) is 0 Å². The SMILES string of the molecule is Cn1ccnc1CN1CCN(C(=O)COC[C@H]2CCCCO2)CC1. The maximum atomic E-state index is 12.2. The first kappa shape index (κ1) is 17.4. The molecule has 0 unspecified atom stereocenters. The summed E-state index contributed by atoms with van der Waals surface area (Å²) in [6.07, 6.45) is 7.32. The van der Waals surface area contributed by atoms with Gasteiger partial charge in [-0.2, -0.15) is 0 Å². The molecule has 24 heavy (non-hydrogen) atoms. The van der Waals surface area contributed by atoms with Crippen LogP contribution in [0, 0.1) is 0 Å². The number of carbonyl (C=O) groups excluding carboxylic acids is 1. The molecule has 1 aromatic rings. The van der Waals surface area contributed by atoms with Crippen molar-refractivity contribution in [3.63, 3.8) is 0 Å². The Morgan fingerprint density at radius 1 is 1.33 bits per heavy atom. The van der Waals surface area contributed by atoms with Crippen molar-refractivity contribution in [3.05, 3.63) is 18.2 Å². The van der Waals surface area contributed by atoms with Gasteiger partial charge in [0.05, 0.1) is 19.3 Å². The smallest absolute Gasteiger partial charge is 0.248 e. The Hall–Kier alpha value is -1.44. The van der Waals surface area contributed by atoms with Gasteiger partial charge < -0.3 is 18.9 Å². The lowest BCUT2D eigenvalue weighted by Crippen LogP contribution is -2.49. The second-order valence-corrected chi connectivity index (χ2v) is 6.62. The highest BCUT2D eigenvalue weighted by atomic mass is 16.5. The van der Waals surface area contributed by atoms with Gasteiger partial charge in [-0.05, 0) is 19.3 Å². The molecule has 0 N–H and O–H groups in total. The van der Waals surface area contributed by atoms with E-state index in [0.29, 0.717) is 6.61 Å². The molecule has 7 nitrogen and oxygen atoms in total. The minimum absolute atomic E-state index is 0.0856. The van der Waals surface area contributed by atoms with Crippen molar-refractivity contribution in [1.29, 1.82) is 0 Å². The first-order valence-corrected chi connectivity index (χ1v) is 8.88. The summed E-state index contributed by atoms with van der Waals surface area (Å²) < 4.78 is 13.2. The monoisotopic (exact) mass is 336 g/mol. The highest BCUT2D eigenvalue weighted by molar-refractivity contribution is 5.77. The molecule has 2 aliphatic heterocycles. The van der Waals surface area contributed by atoms with Gasteiger partial charge in [-0.1, -0.05) is 0 Å². The molecule has 2 fully saturated rings. The number of hydrogen-bond donors (Lipinski definition) is 0. The van der Waals surface area contributed by atoms with E-state index in [4.69, 9.17) is 9.47 Å². The van der Waals surface area contributed by atoms with Crippen LogP contribution in [0.15, 0.2) is 12.4 Å². The topological polar surface area (TPSA) is 59.8 Å². The van der Waals surface area contributed by atoms with Gasteiger partial charge in [-0.15, -0.1) is 0 Å². The summed E-state index contributed by atoms with van der Waals surface area (Å²) in [6.45, 7) is 5.62. The van der Waals surface area contributed by atoms with E-state index in [1.165, 1.54) is 6.42 Å². The number of amides is 1. The van der Waals surface area contributed by atoms with Crippen LogP contribution >= 0.6 is 0 Å². The van der Waals surface area contributed by atoms with Crippen LogP contribution in [0.25, 0.3) is 0 Å². The summed E-state index contributed by atoms with van der Waals surface area (Å²) in [6, 6.07) is 0. The van der Waals surface area contributed by atoms with Crippen molar-refractivity contribution in [2.45, 2.75) is 31.9 Å². The summed E-state index contributed by atoms with van der Waals surface area (Å²) >= 11 is 0. The minimum Gasteiger partial charge on any atom is -0.376 e. The van der Waals surface area contributed by atoms with E-state index in [9.17, 15) is 4.79 Å². The first-order valence-electron chi connectivity index (χ1n) is 8.88. The molecule has 3 heterocycles. The average molecular weight is 336 g/mol. The van der Waals surface area contributed by atoms with Crippen LogP contribution in [0.1, 0.15) is 25.1 Å². The zero-order valence-electron chi connectivity index (χ0n) is 14.5. The van der Waals surface area contributed by atoms with Crippen LogP contribution in [0.5, 0.6) is 0 Å². The highest BCUT2D eigenvalue weighted by Gasteiger charge is 2.22. The summed E-state index contributed by atoms with van der Waals surface area (Å²) in [5.41, 5.74) is 0. The molecule has 1 amide bonds. The molecule has 3 rings (SSSR count). The summed E-state index contributed by atoms with van der Waals surface area (Å²) in [7, 11) is 2.01. The standard InChI is InChI=1S/C17H28N4O3/c1-19-6-5-18-16(19)12-20-7-9-21(10-8-20)17(22)14-23-13-15-4-2-3-11-24-15/h5-6,15H,2-4,7-14H2,1H3/t15-/m1/s1. The van der Waals surface area contributed by atoms with E-state index >= 15 is 0 Å². The molecule has 0 aliphatic carbocycles. The van der Waals surface area contributed by atoms with Crippen LogP contribution < -0.4 is 0 Å². The van der Waals surface area contributed by atoms with E-state index in [2.05, 4.69) is 9.88 Å². The Labute approximate surface area is 143 Å². The number of nitrogens with zero attached hydrogens (tertiary/aromatic N) is 4. The van der Waals surface area contributed by atoms with E-state index in [1.807, 2.05) is 28.9 Å². The largest absolute Gasteiger partial charge is 0.376 e. The normalized spacial score (nSPS) is 22.7. The van der Waals surface area contributed by atoms with Gasteiger partial charge in [-0.25, -0.2) is 4.98 Å². The van der Waals surface area contributed by atoms with E-state index in [-0.39, 0.29) is 18.6 Å². The Balaban J connectivity index is 1.33. The molecule has 0 saturated carbocycles. The third-order valence-electron chi connectivity index (χ3n) is 4.81. The Morgan fingerprint density at radius 2 is 2.17 bits per heavy atom. The molecule has 7 heteroatoms. The molecule has 1 atom stereocenters. The summed E-state index contributed by atoms with van der Waals surface area (Å²) in [4.78, 5) is 20.8. The van der Waals surface area contributed by atoms with Crippen LogP contribution in [0.3, 0.4) is 0 Å². The fourth-order valence-electron chi connectivity index (χ4n) is 3.21. The maximum absolute atomic E-state index is 12.2. The zero-order valence-corrected chi connectivity index (χ0v) is 14.5. The molecule has 0 bridgehead atoms. The van der Waals surface area contributed by atoms with Gasteiger partial charge in [0.2, 0.25) is 5.91 Å². The van der Waals surface area contributed by atoms with Gasteiger partial charge >= 0.3 is 0 Å². The molecule has 0 radical (unpaired) electrons. The molecule has 0 spiro atoms. The Morgan fingerprint density at radius 3 is 2.83 bits per heavy atom. The van der Waals surface area contributed by atoms with Crippen molar-refractivity contribution >= 4 is 5.91 Å². The first-order chi connectivity index (χ1) is 11.7. The minimum atomic E-state index is 0.0856. The molecular formula is C17H28N4O3. The van der Waals surface area contributed by atoms with Crippen molar-refractivity contribution in [2.75, 3.05) is 46.0 Å². The maximum Gasteiger partial charge on any atom is 0.248 e. The fourth-order valence-corrected chi connectivity index (χ4v) is 3.21. The van der Waals surface area contributed by atoms with E-state index < -0.39 is 0 Å². The predicted octanol–water partition coefficient (Wildman–Crippen LogP) is 0.650. The second kappa shape index (κ2) is 8.60. The third kappa shape index (κ3) is 4.78. The van der Waals surface area contributed by atoms with Crippen LogP contribution in [-0.2, 0) is 27.9 Å². The van der Waals surface area contributed by atoms with Crippen molar-refractivity contribution in [2.24, 2.45) is 7.05 Å². The van der Waals surface area contributed by atoms with Gasteiger partial charge in [0, 0.05) is 52.2 Å². The molecule has 134 valence electrons. The second-order valence-electron chi connectivity index (χ2n) is 6.62. The lowest BCUT2D eigenvalue weighted by atomic mass is 10.1. The predicted molar refractivity (Wildman–Crippen MR) is 89.5 cm³/mol. The number of imidazole rings is 1. The van der Waals surface area contributed by atoms with Gasteiger partial charge in [0.15, 0.2) is 0 Å². The summed E-state index contributed by atoms with van der Waals surface area (Å²) in [5, 5.41) is 0. The highest BCUT2D eigenvalue weighted by Crippen LogP contribution is 2.13. The molecule has 2 aliphatic rings. The molecule has 2 saturated heterocycles.